The zero-order valence-electron chi connectivity index (χ0n) is 6.13. The van der Waals surface area contributed by atoms with Crippen LogP contribution < -0.4 is 0 Å². The molecule has 1 fully saturated rings. The van der Waals surface area contributed by atoms with Crippen LogP contribution in [0.5, 0.6) is 0 Å². The summed E-state index contributed by atoms with van der Waals surface area (Å²) in [6.07, 6.45) is 3.83. The monoisotopic (exact) mass is 244 g/mol. The number of alkyl halides is 4. The van der Waals surface area contributed by atoms with Gasteiger partial charge in [0.15, 0.2) is 0 Å². The molecule has 12 heavy (non-hydrogen) atoms. The smallest absolute Gasteiger partial charge is 0.0563 e. The van der Waals surface area contributed by atoms with Crippen molar-refractivity contribution in [3.8, 4) is 0 Å². The third-order valence-corrected chi connectivity index (χ3v) is 4.82. The maximum absolute atomic E-state index is 6.05. The fourth-order valence-electron chi connectivity index (χ4n) is 1.95. The van der Waals surface area contributed by atoms with Gasteiger partial charge in [-0.2, -0.15) is 0 Å². The van der Waals surface area contributed by atoms with E-state index >= 15 is 0 Å². The van der Waals surface area contributed by atoms with Crippen LogP contribution in [0.1, 0.15) is 0 Å². The maximum atomic E-state index is 6.05. The van der Waals surface area contributed by atoms with E-state index in [0.717, 1.165) is 0 Å². The van der Waals surface area contributed by atoms with E-state index in [1.807, 2.05) is 12.2 Å². The molecule has 2 aliphatic carbocycles. The lowest BCUT2D eigenvalue weighted by Crippen LogP contribution is -2.57. The van der Waals surface area contributed by atoms with Crippen molar-refractivity contribution in [2.45, 2.75) is 21.5 Å². The Kier molecular flexibility index (Phi) is 2.55. The molecule has 2 aliphatic rings. The van der Waals surface area contributed by atoms with Crippen LogP contribution in [0.25, 0.3) is 0 Å². The van der Waals surface area contributed by atoms with Crippen LogP contribution >= 0.6 is 46.4 Å². The van der Waals surface area contributed by atoms with Crippen molar-refractivity contribution in [1.82, 2.24) is 0 Å². The molecule has 0 spiro atoms. The van der Waals surface area contributed by atoms with Gasteiger partial charge in [-0.1, -0.05) is 12.2 Å². The first kappa shape index (κ1) is 9.45. The number of hydrogen-bond donors (Lipinski definition) is 0. The molecule has 1 saturated carbocycles. The minimum absolute atomic E-state index is 0.00231. The van der Waals surface area contributed by atoms with Gasteiger partial charge in [0, 0.05) is 11.8 Å². The fraction of sp³-hybridized carbons (Fsp3) is 0.750. The van der Waals surface area contributed by atoms with Crippen LogP contribution in [0, 0.1) is 11.8 Å². The largest absolute Gasteiger partial charge is 0.121 e. The zero-order chi connectivity index (χ0) is 8.88. The Labute approximate surface area is 91.8 Å². The third kappa shape index (κ3) is 1.19. The first-order valence-corrected chi connectivity index (χ1v) is 5.62. The Hall–Kier alpha value is 0.900. The summed E-state index contributed by atoms with van der Waals surface area (Å²) < 4.78 is 0. The molecule has 2 rings (SSSR count). The average molecular weight is 246 g/mol. The van der Waals surface area contributed by atoms with E-state index < -0.39 is 0 Å². The molecule has 6 atom stereocenters. The Morgan fingerprint density at radius 1 is 0.667 bits per heavy atom. The summed E-state index contributed by atoms with van der Waals surface area (Å²) in [4.78, 5) is 0. The quantitative estimate of drug-likeness (QED) is 0.454. The van der Waals surface area contributed by atoms with Crippen LogP contribution in [0.2, 0.25) is 0 Å². The Morgan fingerprint density at radius 2 is 1.00 bits per heavy atom. The van der Waals surface area contributed by atoms with E-state index in [4.69, 9.17) is 46.4 Å². The summed E-state index contributed by atoms with van der Waals surface area (Å²) in [6.45, 7) is 0. The van der Waals surface area contributed by atoms with Crippen LogP contribution in [-0.4, -0.2) is 21.5 Å². The molecule has 0 unspecified atom stereocenters. The van der Waals surface area contributed by atoms with Gasteiger partial charge in [-0.15, -0.1) is 46.4 Å². The maximum Gasteiger partial charge on any atom is 0.0563 e. The van der Waals surface area contributed by atoms with E-state index in [-0.39, 0.29) is 33.3 Å². The first-order valence-electron chi connectivity index (χ1n) is 3.87. The van der Waals surface area contributed by atoms with Crippen LogP contribution in [0.3, 0.4) is 0 Å². The van der Waals surface area contributed by atoms with Gasteiger partial charge in [-0.05, 0) is 0 Å². The van der Waals surface area contributed by atoms with Crippen LogP contribution in [0.4, 0.5) is 0 Å². The lowest BCUT2D eigenvalue weighted by molar-refractivity contribution is 0.194. The van der Waals surface area contributed by atoms with Crippen LogP contribution in [-0.2, 0) is 0 Å². The summed E-state index contributed by atoms with van der Waals surface area (Å²) in [5.41, 5.74) is 0. The summed E-state index contributed by atoms with van der Waals surface area (Å²) in [5.74, 6) is 0.506. The SMILES string of the molecule is Cl[C@@H]1[C@H](Cl)[C@@H]2[C@H]1[C@H](Cl)C=C[C@H]2Cl. The van der Waals surface area contributed by atoms with Crippen molar-refractivity contribution in [1.29, 1.82) is 0 Å². The Balaban J connectivity index is 2.20. The van der Waals surface area contributed by atoms with Gasteiger partial charge in [-0.25, -0.2) is 0 Å². The molecule has 0 N–H and O–H groups in total. The zero-order valence-corrected chi connectivity index (χ0v) is 9.15. The molecule has 0 heterocycles. The normalized spacial score (nSPS) is 57.7. The van der Waals surface area contributed by atoms with E-state index in [2.05, 4.69) is 0 Å². The average Bonchev–Trinajstić information content (AvgIpc) is 2.07. The minimum atomic E-state index is -0.0228. The molecular weight excluding hydrogens is 238 g/mol. The third-order valence-electron chi connectivity index (χ3n) is 2.70. The van der Waals surface area contributed by atoms with Gasteiger partial charge >= 0.3 is 0 Å². The molecule has 4 heteroatoms. The van der Waals surface area contributed by atoms with Crippen molar-refractivity contribution in [2.24, 2.45) is 11.8 Å². The molecule has 0 radical (unpaired) electrons. The number of fused-ring (bicyclic) bond motifs is 1. The van der Waals surface area contributed by atoms with Gasteiger partial charge in [0.05, 0.1) is 21.5 Å². The molecule has 0 bridgehead atoms. The van der Waals surface area contributed by atoms with Crippen molar-refractivity contribution in [2.75, 3.05) is 0 Å². The van der Waals surface area contributed by atoms with Crippen molar-refractivity contribution >= 4 is 46.4 Å². The highest BCUT2D eigenvalue weighted by molar-refractivity contribution is 6.34. The fourth-order valence-corrected chi connectivity index (χ4v) is 3.90. The molecular formula is C8H8Cl4. The summed E-state index contributed by atoms with van der Waals surface area (Å²) >= 11 is 24.1. The second-order valence-electron chi connectivity index (χ2n) is 3.32. The predicted molar refractivity (Wildman–Crippen MR) is 54.7 cm³/mol. The van der Waals surface area contributed by atoms with E-state index in [1.54, 1.807) is 0 Å². The number of rotatable bonds is 0. The lowest BCUT2D eigenvalue weighted by atomic mass is 9.66. The molecule has 0 aromatic carbocycles. The van der Waals surface area contributed by atoms with Gasteiger partial charge < -0.3 is 0 Å². The van der Waals surface area contributed by atoms with Crippen molar-refractivity contribution in [3.63, 3.8) is 0 Å². The van der Waals surface area contributed by atoms with Crippen LogP contribution in [0.15, 0.2) is 12.2 Å². The topological polar surface area (TPSA) is 0 Å². The Morgan fingerprint density at radius 3 is 1.33 bits per heavy atom. The van der Waals surface area contributed by atoms with E-state index in [1.165, 1.54) is 0 Å². The van der Waals surface area contributed by atoms with Gasteiger partial charge in [0.25, 0.3) is 0 Å². The van der Waals surface area contributed by atoms with Gasteiger partial charge in [-0.3, -0.25) is 0 Å². The van der Waals surface area contributed by atoms with Gasteiger partial charge in [0.2, 0.25) is 0 Å². The van der Waals surface area contributed by atoms with Crippen molar-refractivity contribution < 1.29 is 0 Å². The van der Waals surface area contributed by atoms with Gasteiger partial charge in [0.1, 0.15) is 0 Å². The molecule has 0 amide bonds. The Bertz CT molecular complexity index is 193. The molecule has 68 valence electrons. The highest BCUT2D eigenvalue weighted by Crippen LogP contribution is 2.51. The molecule has 0 saturated heterocycles. The number of allylic oxidation sites excluding steroid dienone is 2. The summed E-state index contributed by atoms with van der Waals surface area (Å²) in [7, 11) is 0. The highest BCUT2D eigenvalue weighted by Gasteiger charge is 2.54. The second kappa shape index (κ2) is 3.24. The molecule has 0 nitrogen and oxygen atoms in total. The standard InChI is InChI=1S/C8H8Cl4/c9-3-1-2-4(10)6-5(3)7(11)8(6)12/h1-8H/t3-,4-,5-,6+,7+,8-/m1/s1. The van der Waals surface area contributed by atoms with E-state index in [0.29, 0.717) is 0 Å². The van der Waals surface area contributed by atoms with E-state index in [9.17, 15) is 0 Å². The lowest BCUT2D eigenvalue weighted by Gasteiger charge is -2.51. The van der Waals surface area contributed by atoms with Crippen molar-refractivity contribution in [3.05, 3.63) is 12.2 Å². The number of hydrogen-bond acceptors (Lipinski definition) is 0. The molecule has 0 aromatic rings. The predicted octanol–water partition coefficient (Wildman–Crippen LogP) is 3.23. The summed E-state index contributed by atoms with van der Waals surface area (Å²) in [5, 5.41) is -0.0410. The number of halogens is 4. The molecule has 0 aromatic heterocycles. The second-order valence-corrected chi connectivity index (χ2v) is 5.33. The minimum Gasteiger partial charge on any atom is -0.121 e. The molecule has 0 aliphatic heterocycles. The first-order chi connectivity index (χ1) is 5.63. The highest BCUT2D eigenvalue weighted by atomic mass is 35.5. The summed E-state index contributed by atoms with van der Waals surface area (Å²) in [6, 6.07) is 0.